The number of benzene rings is 1. The van der Waals surface area contributed by atoms with Crippen molar-refractivity contribution in [3.63, 3.8) is 0 Å². The van der Waals surface area contributed by atoms with Crippen LogP contribution in [0.2, 0.25) is 0 Å². The fourth-order valence-electron chi connectivity index (χ4n) is 1.32. The van der Waals surface area contributed by atoms with E-state index in [9.17, 15) is 4.79 Å². The quantitative estimate of drug-likeness (QED) is 0.746. The third-order valence-electron chi connectivity index (χ3n) is 2.06. The third-order valence-corrected chi connectivity index (χ3v) is 2.06. The Bertz CT molecular complexity index is 313. The Kier molecular flexibility index (Phi) is 5.53. The van der Waals surface area contributed by atoms with E-state index in [-0.39, 0.29) is 18.6 Å². The van der Waals surface area contributed by atoms with Gasteiger partial charge in [-0.05, 0) is 5.56 Å². The van der Waals surface area contributed by atoms with E-state index in [0.717, 1.165) is 5.56 Å². The summed E-state index contributed by atoms with van der Waals surface area (Å²) in [5.41, 5.74) is 1.07. The highest BCUT2D eigenvalue weighted by molar-refractivity contribution is 5.73. The smallest absolute Gasteiger partial charge is 0.217 e. The molecule has 0 saturated heterocycles. The first-order valence-corrected chi connectivity index (χ1v) is 5.22. The minimum absolute atomic E-state index is 0.117. The molecule has 1 rings (SSSR count). The maximum Gasteiger partial charge on any atom is 0.217 e. The number of aliphatic hydroxyl groups excluding tert-OH is 1. The zero-order chi connectivity index (χ0) is 11.8. The van der Waals surface area contributed by atoms with Crippen LogP contribution < -0.4 is 5.32 Å². The lowest BCUT2D eigenvalue weighted by atomic mass is 10.2. The average molecular weight is 223 g/mol. The van der Waals surface area contributed by atoms with Crippen LogP contribution >= 0.6 is 0 Å². The van der Waals surface area contributed by atoms with Crippen LogP contribution in [0.5, 0.6) is 0 Å². The fraction of sp³-hybridized carbons (Fsp3) is 0.417. The highest BCUT2D eigenvalue weighted by atomic mass is 16.5. The summed E-state index contributed by atoms with van der Waals surface area (Å²) in [5.74, 6) is -0.164. The molecule has 0 radical (unpaired) electrons. The summed E-state index contributed by atoms with van der Waals surface area (Å²) in [6.07, 6.45) is 0. The molecule has 16 heavy (non-hydrogen) atoms. The molecule has 0 aliphatic heterocycles. The van der Waals surface area contributed by atoms with Crippen LogP contribution in [0.4, 0.5) is 0 Å². The van der Waals surface area contributed by atoms with Gasteiger partial charge in [-0.3, -0.25) is 4.79 Å². The number of amides is 1. The Balaban J connectivity index is 2.26. The lowest BCUT2D eigenvalue weighted by Gasteiger charge is -2.15. The molecule has 1 atom stereocenters. The van der Waals surface area contributed by atoms with Crippen molar-refractivity contribution in [2.45, 2.75) is 19.6 Å². The van der Waals surface area contributed by atoms with Gasteiger partial charge in [-0.2, -0.15) is 0 Å². The Labute approximate surface area is 95.2 Å². The molecule has 0 aliphatic carbocycles. The summed E-state index contributed by atoms with van der Waals surface area (Å²) in [5, 5.41) is 11.6. The van der Waals surface area contributed by atoms with Gasteiger partial charge >= 0.3 is 0 Å². The predicted octanol–water partition coefficient (Wildman–Crippen LogP) is 0.700. The van der Waals surface area contributed by atoms with Gasteiger partial charge < -0.3 is 15.2 Å². The van der Waals surface area contributed by atoms with E-state index in [0.29, 0.717) is 13.2 Å². The molecule has 4 heteroatoms. The standard InChI is InChI=1S/C12H17NO3/c1-10(15)13-12(7-14)9-16-8-11-5-3-2-4-6-11/h2-6,12,14H,7-9H2,1H3,(H,13,15)/t12-/m0/s1. The minimum Gasteiger partial charge on any atom is -0.394 e. The minimum atomic E-state index is -0.332. The van der Waals surface area contributed by atoms with Gasteiger partial charge in [0.1, 0.15) is 0 Å². The van der Waals surface area contributed by atoms with E-state index >= 15 is 0 Å². The molecular formula is C12H17NO3. The molecule has 0 aliphatic rings. The van der Waals surface area contributed by atoms with Gasteiger partial charge in [0, 0.05) is 6.92 Å². The first kappa shape index (κ1) is 12.7. The van der Waals surface area contributed by atoms with Crippen LogP contribution in [0.1, 0.15) is 12.5 Å². The summed E-state index contributed by atoms with van der Waals surface area (Å²) in [4.78, 5) is 10.8. The van der Waals surface area contributed by atoms with Gasteiger partial charge in [-0.25, -0.2) is 0 Å². The monoisotopic (exact) mass is 223 g/mol. The van der Waals surface area contributed by atoms with Crippen molar-refractivity contribution in [1.82, 2.24) is 5.32 Å². The second kappa shape index (κ2) is 6.98. The Morgan fingerprint density at radius 2 is 2.12 bits per heavy atom. The van der Waals surface area contributed by atoms with Gasteiger partial charge in [0.15, 0.2) is 0 Å². The number of hydrogen-bond acceptors (Lipinski definition) is 3. The normalized spacial score (nSPS) is 12.1. The molecule has 2 N–H and O–H groups in total. The number of nitrogens with one attached hydrogen (secondary N) is 1. The number of aliphatic hydroxyl groups is 1. The van der Waals surface area contributed by atoms with Crippen LogP contribution in [-0.4, -0.2) is 30.3 Å². The van der Waals surface area contributed by atoms with Crippen LogP contribution in [0.15, 0.2) is 30.3 Å². The van der Waals surface area contributed by atoms with Crippen LogP contribution in [-0.2, 0) is 16.1 Å². The molecule has 0 aromatic heterocycles. The van der Waals surface area contributed by atoms with E-state index in [4.69, 9.17) is 9.84 Å². The van der Waals surface area contributed by atoms with Gasteiger partial charge in [-0.1, -0.05) is 30.3 Å². The molecule has 0 spiro atoms. The van der Waals surface area contributed by atoms with Gasteiger partial charge in [-0.15, -0.1) is 0 Å². The third kappa shape index (κ3) is 4.91. The lowest BCUT2D eigenvalue weighted by molar-refractivity contribution is -0.120. The van der Waals surface area contributed by atoms with Crippen molar-refractivity contribution in [1.29, 1.82) is 0 Å². The summed E-state index contributed by atoms with van der Waals surface area (Å²) in [6.45, 7) is 2.09. The number of carbonyl (C=O) groups excluding carboxylic acids is 1. The van der Waals surface area contributed by atoms with Crippen LogP contribution in [0.3, 0.4) is 0 Å². The van der Waals surface area contributed by atoms with Crippen molar-refractivity contribution < 1.29 is 14.6 Å². The van der Waals surface area contributed by atoms with Gasteiger partial charge in [0.25, 0.3) is 0 Å². The largest absolute Gasteiger partial charge is 0.394 e. The van der Waals surface area contributed by atoms with E-state index in [1.165, 1.54) is 6.92 Å². The molecule has 1 aromatic rings. The maximum atomic E-state index is 10.8. The van der Waals surface area contributed by atoms with Crippen molar-refractivity contribution in [3.05, 3.63) is 35.9 Å². The Morgan fingerprint density at radius 1 is 1.44 bits per heavy atom. The predicted molar refractivity (Wildman–Crippen MR) is 60.8 cm³/mol. The molecule has 0 bridgehead atoms. The maximum absolute atomic E-state index is 10.8. The SMILES string of the molecule is CC(=O)N[C@@H](CO)COCc1ccccc1. The van der Waals surface area contributed by atoms with Crippen LogP contribution in [0, 0.1) is 0 Å². The Morgan fingerprint density at radius 3 is 2.69 bits per heavy atom. The highest BCUT2D eigenvalue weighted by Gasteiger charge is 2.08. The van der Waals surface area contributed by atoms with Crippen molar-refractivity contribution in [3.8, 4) is 0 Å². The highest BCUT2D eigenvalue weighted by Crippen LogP contribution is 2.00. The van der Waals surface area contributed by atoms with E-state index < -0.39 is 0 Å². The first-order valence-electron chi connectivity index (χ1n) is 5.22. The lowest BCUT2D eigenvalue weighted by Crippen LogP contribution is -2.39. The summed E-state index contributed by atoms with van der Waals surface area (Å²) < 4.78 is 5.40. The van der Waals surface area contributed by atoms with Gasteiger partial charge in [0.2, 0.25) is 5.91 Å². The molecule has 1 amide bonds. The van der Waals surface area contributed by atoms with Gasteiger partial charge in [0.05, 0.1) is 25.9 Å². The number of ether oxygens (including phenoxy) is 1. The molecule has 4 nitrogen and oxygen atoms in total. The zero-order valence-corrected chi connectivity index (χ0v) is 9.35. The second-order valence-electron chi connectivity index (χ2n) is 3.58. The second-order valence-corrected chi connectivity index (χ2v) is 3.58. The zero-order valence-electron chi connectivity index (χ0n) is 9.35. The van der Waals surface area contributed by atoms with Crippen molar-refractivity contribution in [2.24, 2.45) is 0 Å². The summed E-state index contributed by atoms with van der Waals surface area (Å²) in [7, 11) is 0. The average Bonchev–Trinajstić information content (AvgIpc) is 2.28. The molecule has 88 valence electrons. The summed E-state index contributed by atoms with van der Waals surface area (Å²) in [6, 6.07) is 9.42. The topological polar surface area (TPSA) is 58.6 Å². The molecule has 0 heterocycles. The Hall–Kier alpha value is -1.39. The molecule has 0 saturated carbocycles. The molecule has 0 fully saturated rings. The molecule has 1 aromatic carbocycles. The van der Waals surface area contributed by atoms with Crippen LogP contribution in [0.25, 0.3) is 0 Å². The number of carbonyl (C=O) groups is 1. The first-order chi connectivity index (χ1) is 7.72. The fourth-order valence-corrected chi connectivity index (χ4v) is 1.32. The van der Waals surface area contributed by atoms with E-state index in [1.54, 1.807) is 0 Å². The number of rotatable bonds is 6. The number of hydrogen-bond donors (Lipinski definition) is 2. The molecular weight excluding hydrogens is 206 g/mol. The molecule has 0 unspecified atom stereocenters. The van der Waals surface area contributed by atoms with Crippen molar-refractivity contribution in [2.75, 3.05) is 13.2 Å². The van der Waals surface area contributed by atoms with E-state index in [1.807, 2.05) is 30.3 Å². The van der Waals surface area contributed by atoms with E-state index in [2.05, 4.69) is 5.32 Å². The summed E-state index contributed by atoms with van der Waals surface area (Å²) >= 11 is 0. The van der Waals surface area contributed by atoms with Crippen molar-refractivity contribution >= 4 is 5.91 Å².